The molecule has 1 saturated heterocycles. The summed E-state index contributed by atoms with van der Waals surface area (Å²) in [6.45, 7) is 10.6. The van der Waals surface area contributed by atoms with Gasteiger partial charge in [-0.3, -0.25) is 14.9 Å². The number of anilines is 1. The van der Waals surface area contributed by atoms with Crippen molar-refractivity contribution < 1.29 is 19.2 Å². The van der Waals surface area contributed by atoms with E-state index in [-0.39, 0.29) is 11.3 Å². The minimum atomic E-state index is -1.01. The van der Waals surface area contributed by atoms with Crippen molar-refractivity contribution in [3.05, 3.63) is 33.9 Å². The van der Waals surface area contributed by atoms with Gasteiger partial charge in [-0.1, -0.05) is 6.92 Å². The van der Waals surface area contributed by atoms with E-state index in [9.17, 15) is 19.7 Å². The summed E-state index contributed by atoms with van der Waals surface area (Å²) in [5.74, 6) is -0.585. The Labute approximate surface area is 165 Å². The summed E-state index contributed by atoms with van der Waals surface area (Å²) >= 11 is 0. The number of benzene rings is 1. The normalized spacial score (nSPS) is 16.4. The van der Waals surface area contributed by atoms with Crippen molar-refractivity contribution in [3.8, 4) is 0 Å². The SMILES string of the molecule is CC1CCN(c2ccc(C(=O)OC(C)C(=O)NC(C)(C)C)cc2[N+](=O)[O-])CC1. The van der Waals surface area contributed by atoms with E-state index in [0.29, 0.717) is 11.6 Å². The summed E-state index contributed by atoms with van der Waals surface area (Å²) < 4.78 is 5.19. The van der Waals surface area contributed by atoms with E-state index in [1.54, 1.807) is 6.07 Å². The van der Waals surface area contributed by atoms with E-state index in [1.807, 2.05) is 25.7 Å². The third-order valence-corrected chi connectivity index (χ3v) is 4.68. The summed E-state index contributed by atoms with van der Waals surface area (Å²) in [5, 5.41) is 14.3. The molecule has 2 rings (SSSR count). The Morgan fingerprint density at radius 3 is 2.43 bits per heavy atom. The molecule has 1 amide bonds. The Bertz CT molecular complexity index is 749. The van der Waals surface area contributed by atoms with Crippen LogP contribution in [-0.4, -0.2) is 41.5 Å². The van der Waals surface area contributed by atoms with Crippen molar-refractivity contribution in [1.82, 2.24) is 5.32 Å². The number of rotatable bonds is 5. The van der Waals surface area contributed by atoms with Crippen LogP contribution < -0.4 is 10.2 Å². The van der Waals surface area contributed by atoms with E-state index in [2.05, 4.69) is 12.2 Å². The molecule has 0 bridgehead atoms. The second-order valence-electron chi connectivity index (χ2n) is 8.42. The van der Waals surface area contributed by atoms with Crippen LogP contribution in [0, 0.1) is 16.0 Å². The first-order valence-electron chi connectivity index (χ1n) is 9.54. The maximum Gasteiger partial charge on any atom is 0.339 e. The van der Waals surface area contributed by atoms with Gasteiger partial charge in [0.05, 0.1) is 10.5 Å². The molecule has 1 fully saturated rings. The van der Waals surface area contributed by atoms with Gasteiger partial charge in [-0.15, -0.1) is 0 Å². The van der Waals surface area contributed by atoms with Crippen molar-refractivity contribution in [2.75, 3.05) is 18.0 Å². The zero-order valence-corrected chi connectivity index (χ0v) is 17.2. The zero-order chi connectivity index (χ0) is 21.1. The number of amides is 1. The highest BCUT2D eigenvalue weighted by atomic mass is 16.6. The average Bonchev–Trinajstić information content (AvgIpc) is 2.60. The molecule has 1 unspecified atom stereocenters. The minimum absolute atomic E-state index is 0.0521. The van der Waals surface area contributed by atoms with Gasteiger partial charge in [0.25, 0.3) is 11.6 Å². The summed E-state index contributed by atoms with van der Waals surface area (Å²) in [6, 6.07) is 4.33. The fourth-order valence-corrected chi connectivity index (χ4v) is 3.07. The highest BCUT2D eigenvalue weighted by Crippen LogP contribution is 2.32. The average molecular weight is 391 g/mol. The molecule has 8 heteroatoms. The van der Waals surface area contributed by atoms with Crippen LogP contribution in [-0.2, 0) is 9.53 Å². The number of nitrogens with zero attached hydrogens (tertiary/aromatic N) is 2. The Morgan fingerprint density at radius 2 is 1.89 bits per heavy atom. The van der Waals surface area contributed by atoms with Crippen LogP contribution in [0.4, 0.5) is 11.4 Å². The lowest BCUT2D eigenvalue weighted by atomic mass is 9.98. The standard InChI is InChI=1S/C20H29N3O5/c1-13-8-10-22(11-9-13)16-7-6-15(12-17(16)23(26)27)19(25)28-14(2)18(24)21-20(3,4)5/h6-7,12-14H,8-11H2,1-5H3,(H,21,24). The molecule has 0 radical (unpaired) electrons. The summed E-state index contributed by atoms with van der Waals surface area (Å²) in [5.41, 5.74) is -0.0246. The monoisotopic (exact) mass is 391 g/mol. The maximum atomic E-state index is 12.4. The Morgan fingerprint density at radius 1 is 1.29 bits per heavy atom. The first-order chi connectivity index (χ1) is 13.0. The third-order valence-electron chi connectivity index (χ3n) is 4.68. The molecule has 1 aromatic carbocycles. The van der Waals surface area contributed by atoms with Gasteiger partial charge in [0.1, 0.15) is 5.69 Å². The van der Waals surface area contributed by atoms with E-state index >= 15 is 0 Å². The largest absolute Gasteiger partial charge is 0.449 e. The molecule has 1 heterocycles. The Balaban J connectivity index is 2.15. The molecule has 8 nitrogen and oxygen atoms in total. The van der Waals surface area contributed by atoms with E-state index in [1.165, 1.54) is 19.1 Å². The summed E-state index contributed by atoms with van der Waals surface area (Å²) in [6.07, 6.45) is 0.942. The lowest BCUT2D eigenvalue weighted by Crippen LogP contribution is -2.46. The smallest absolute Gasteiger partial charge is 0.339 e. The van der Waals surface area contributed by atoms with Crippen LogP contribution in [0.5, 0.6) is 0 Å². The molecule has 0 aromatic heterocycles. The van der Waals surface area contributed by atoms with Crippen LogP contribution in [0.25, 0.3) is 0 Å². The van der Waals surface area contributed by atoms with Crippen LogP contribution in [0.15, 0.2) is 18.2 Å². The first kappa shape index (κ1) is 21.7. The third kappa shape index (κ3) is 5.68. The molecule has 1 atom stereocenters. The molecular formula is C20H29N3O5. The van der Waals surface area contributed by atoms with E-state index < -0.39 is 28.4 Å². The fourth-order valence-electron chi connectivity index (χ4n) is 3.07. The lowest BCUT2D eigenvalue weighted by molar-refractivity contribution is -0.384. The van der Waals surface area contributed by atoms with Crippen molar-refractivity contribution >= 4 is 23.3 Å². The number of nitrogens with one attached hydrogen (secondary N) is 1. The molecule has 0 aliphatic carbocycles. The van der Waals surface area contributed by atoms with Gasteiger partial charge in [0, 0.05) is 24.7 Å². The van der Waals surface area contributed by atoms with Gasteiger partial charge >= 0.3 is 5.97 Å². The number of nitro groups is 1. The van der Waals surface area contributed by atoms with Crippen LogP contribution in [0.3, 0.4) is 0 Å². The van der Waals surface area contributed by atoms with Gasteiger partial charge in [-0.25, -0.2) is 4.79 Å². The van der Waals surface area contributed by atoms with Crippen LogP contribution in [0.2, 0.25) is 0 Å². The summed E-state index contributed by atoms with van der Waals surface area (Å²) in [4.78, 5) is 37.5. The molecular weight excluding hydrogens is 362 g/mol. The fraction of sp³-hybridized carbons (Fsp3) is 0.600. The zero-order valence-electron chi connectivity index (χ0n) is 17.2. The Kier molecular flexibility index (Phi) is 6.64. The number of carbonyl (C=O) groups is 2. The van der Waals surface area contributed by atoms with Gasteiger partial charge in [0.2, 0.25) is 0 Å². The number of hydrogen-bond donors (Lipinski definition) is 1. The first-order valence-corrected chi connectivity index (χ1v) is 9.54. The quantitative estimate of drug-likeness (QED) is 0.469. The van der Waals surface area contributed by atoms with Crippen LogP contribution >= 0.6 is 0 Å². The Hall–Kier alpha value is -2.64. The molecule has 1 aliphatic rings. The van der Waals surface area contributed by atoms with Gasteiger partial charge in [-0.2, -0.15) is 0 Å². The number of ether oxygens (including phenoxy) is 1. The molecule has 1 aliphatic heterocycles. The lowest BCUT2D eigenvalue weighted by Gasteiger charge is -2.31. The molecule has 154 valence electrons. The second-order valence-corrected chi connectivity index (χ2v) is 8.42. The van der Waals surface area contributed by atoms with Crippen molar-refractivity contribution in [1.29, 1.82) is 0 Å². The van der Waals surface area contributed by atoms with Crippen molar-refractivity contribution in [2.24, 2.45) is 5.92 Å². The van der Waals surface area contributed by atoms with E-state index in [0.717, 1.165) is 25.9 Å². The number of carbonyl (C=O) groups excluding carboxylic acids is 2. The molecule has 1 N–H and O–H groups in total. The topological polar surface area (TPSA) is 102 Å². The van der Waals surface area contributed by atoms with Gasteiger partial charge < -0.3 is 15.0 Å². The van der Waals surface area contributed by atoms with Crippen molar-refractivity contribution in [2.45, 2.75) is 59.1 Å². The highest BCUT2D eigenvalue weighted by molar-refractivity contribution is 5.93. The second kappa shape index (κ2) is 8.58. The van der Waals surface area contributed by atoms with Gasteiger partial charge in [0.15, 0.2) is 6.10 Å². The van der Waals surface area contributed by atoms with E-state index in [4.69, 9.17) is 4.74 Å². The van der Waals surface area contributed by atoms with Crippen LogP contribution in [0.1, 0.15) is 57.8 Å². The number of hydrogen-bond acceptors (Lipinski definition) is 6. The number of nitro benzene ring substituents is 1. The van der Waals surface area contributed by atoms with Crippen molar-refractivity contribution in [3.63, 3.8) is 0 Å². The summed E-state index contributed by atoms with van der Waals surface area (Å²) in [7, 11) is 0. The number of piperidine rings is 1. The predicted octanol–water partition coefficient (Wildman–Crippen LogP) is 3.29. The molecule has 1 aromatic rings. The molecule has 28 heavy (non-hydrogen) atoms. The number of esters is 1. The van der Waals surface area contributed by atoms with Gasteiger partial charge in [-0.05, 0) is 58.6 Å². The maximum absolute atomic E-state index is 12.4. The highest BCUT2D eigenvalue weighted by Gasteiger charge is 2.27. The molecule has 0 saturated carbocycles. The minimum Gasteiger partial charge on any atom is -0.449 e. The molecule has 0 spiro atoms. The predicted molar refractivity (Wildman–Crippen MR) is 106 cm³/mol.